The Kier molecular flexibility index (Phi) is 3.86. The van der Waals surface area contributed by atoms with Crippen molar-refractivity contribution in [3.63, 3.8) is 0 Å². The number of ether oxygens (including phenoxy) is 3. The molecule has 2 rings (SSSR count). The minimum Gasteiger partial charge on any atom is -0.497 e. The van der Waals surface area contributed by atoms with E-state index >= 15 is 0 Å². The van der Waals surface area contributed by atoms with Gasteiger partial charge in [-0.25, -0.2) is 0 Å². The lowest BCUT2D eigenvalue weighted by molar-refractivity contribution is 0.387. The van der Waals surface area contributed by atoms with E-state index in [1.54, 1.807) is 18.2 Å². The molecule has 0 spiro atoms. The van der Waals surface area contributed by atoms with E-state index in [0.717, 1.165) is 0 Å². The number of nitrogens with two attached hydrogens (primary N) is 1. The fraction of sp³-hybridized carbons (Fsp3) is 0.154. The van der Waals surface area contributed by atoms with Gasteiger partial charge in [-0.15, -0.1) is 0 Å². The number of rotatable bonds is 4. The van der Waals surface area contributed by atoms with Gasteiger partial charge in [0.05, 0.1) is 31.9 Å². The number of hydrogen-bond donors (Lipinski definition) is 1. The predicted octanol–water partition coefficient (Wildman–Crippen LogP) is 1.74. The number of benzene rings is 1. The molecule has 1 aromatic carbocycles. The zero-order chi connectivity index (χ0) is 14.5. The molecule has 0 aliphatic heterocycles. The Balaban J connectivity index is 2.34. The molecule has 0 fully saturated rings. The highest BCUT2D eigenvalue weighted by molar-refractivity contribution is 5.45. The second-order valence-corrected chi connectivity index (χ2v) is 3.72. The van der Waals surface area contributed by atoms with E-state index in [2.05, 4.69) is 9.97 Å². The van der Waals surface area contributed by atoms with E-state index in [1.807, 2.05) is 6.07 Å². The number of anilines is 1. The molecule has 0 amide bonds. The average molecular weight is 272 g/mol. The number of aromatic nitrogens is 2. The van der Waals surface area contributed by atoms with Gasteiger partial charge in [0, 0.05) is 6.07 Å². The SMILES string of the molecule is COc1cc(C#N)cc(Oc2cc(OC)nc(N)n2)c1. The van der Waals surface area contributed by atoms with Crippen LogP contribution in [0.25, 0.3) is 0 Å². The number of nitrogens with zero attached hydrogens (tertiary/aromatic N) is 3. The summed E-state index contributed by atoms with van der Waals surface area (Å²) in [7, 11) is 2.97. The van der Waals surface area contributed by atoms with Crippen LogP contribution in [-0.2, 0) is 0 Å². The van der Waals surface area contributed by atoms with Gasteiger partial charge in [0.2, 0.25) is 17.7 Å². The monoisotopic (exact) mass is 272 g/mol. The summed E-state index contributed by atoms with van der Waals surface area (Å²) in [5.74, 6) is 1.44. The lowest BCUT2D eigenvalue weighted by atomic mass is 10.2. The second kappa shape index (κ2) is 5.75. The molecule has 2 N–H and O–H groups in total. The van der Waals surface area contributed by atoms with Crippen LogP contribution >= 0.6 is 0 Å². The largest absolute Gasteiger partial charge is 0.497 e. The number of methoxy groups -OCH3 is 2. The molecule has 102 valence electrons. The molecule has 0 saturated carbocycles. The van der Waals surface area contributed by atoms with E-state index in [-0.39, 0.29) is 17.7 Å². The highest BCUT2D eigenvalue weighted by Crippen LogP contribution is 2.27. The second-order valence-electron chi connectivity index (χ2n) is 3.72. The third kappa shape index (κ3) is 3.05. The quantitative estimate of drug-likeness (QED) is 0.903. The van der Waals surface area contributed by atoms with Crippen LogP contribution in [0.1, 0.15) is 5.56 Å². The van der Waals surface area contributed by atoms with Crippen LogP contribution < -0.4 is 19.9 Å². The fourth-order valence-electron chi connectivity index (χ4n) is 1.51. The first-order chi connectivity index (χ1) is 9.64. The summed E-state index contributed by atoms with van der Waals surface area (Å²) < 4.78 is 15.6. The first kappa shape index (κ1) is 13.4. The molecule has 0 bridgehead atoms. The molecular formula is C13H12N4O3. The molecule has 7 heteroatoms. The van der Waals surface area contributed by atoms with Crippen molar-refractivity contribution in [1.82, 2.24) is 9.97 Å². The van der Waals surface area contributed by atoms with E-state index in [1.165, 1.54) is 20.3 Å². The van der Waals surface area contributed by atoms with Crippen molar-refractivity contribution in [3.8, 4) is 29.3 Å². The van der Waals surface area contributed by atoms with Crippen LogP contribution in [0.4, 0.5) is 5.95 Å². The zero-order valence-electron chi connectivity index (χ0n) is 11.0. The smallest absolute Gasteiger partial charge is 0.227 e. The minimum atomic E-state index is 0.0303. The summed E-state index contributed by atoms with van der Waals surface area (Å²) in [4.78, 5) is 7.78. The fourth-order valence-corrected chi connectivity index (χ4v) is 1.51. The van der Waals surface area contributed by atoms with E-state index in [9.17, 15) is 0 Å². The highest BCUT2D eigenvalue weighted by Gasteiger charge is 2.07. The zero-order valence-corrected chi connectivity index (χ0v) is 11.0. The summed E-state index contributed by atoms with van der Waals surface area (Å²) in [6, 6.07) is 8.30. The molecular weight excluding hydrogens is 260 g/mol. The van der Waals surface area contributed by atoms with Crippen molar-refractivity contribution in [2.45, 2.75) is 0 Å². The number of nitrogen functional groups attached to an aromatic ring is 1. The van der Waals surface area contributed by atoms with Crippen LogP contribution in [0.2, 0.25) is 0 Å². The maximum absolute atomic E-state index is 8.95. The Morgan fingerprint density at radius 3 is 2.35 bits per heavy atom. The molecule has 0 radical (unpaired) electrons. The molecule has 0 unspecified atom stereocenters. The van der Waals surface area contributed by atoms with Crippen molar-refractivity contribution < 1.29 is 14.2 Å². The average Bonchev–Trinajstić information content (AvgIpc) is 2.46. The maximum Gasteiger partial charge on any atom is 0.227 e. The number of hydrogen-bond acceptors (Lipinski definition) is 7. The predicted molar refractivity (Wildman–Crippen MR) is 70.8 cm³/mol. The highest BCUT2D eigenvalue weighted by atomic mass is 16.5. The van der Waals surface area contributed by atoms with Gasteiger partial charge in [-0.05, 0) is 12.1 Å². The maximum atomic E-state index is 8.95. The Bertz CT molecular complexity index is 667. The van der Waals surface area contributed by atoms with E-state index in [4.69, 9.17) is 25.2 Å². The van der Waals surface area contributed by atoms with E-state index in [0.29, 0.717) is 17.1 Å². The molecule has 0 aliphatic carbocycles. The first-order valence-corrected chi connectivity index (χ1v) is 5.60. The van der Waals surface area contributed by atoms with Crippen LogP contribution in [-0.4, -0.2) is 24.2 Å². The molecule has 0 saturated heterocycles. The Hall–Kier alpha value is -3.01. The van der Waals surface area contributed by atoms with Gasteiger partial charge in [0.25, 0.3) is 0 Å². The summed E-state index contributed by atoms with van der Waals surface area (Å²) in [5, 5.41) is 8.95. The third-order valence-electron chi connectivity index (χ3n) is 2.37. The Morgan fingerprint density at radius 1 is 1.00 bits per heavy atom. The molecule has 7 nitrogen and oxygen atoms in total. The van der Waals surface area contributed by atoms with Gasteiger partial charge in [-0.1, -0.05) is 0 Å². The number of nitriles is 1. The standard InChI is InChI=1S/C13H12N4O3/c1-18-9-3-8(7-14)4-10(5-9)20-12-6-11(19-2)16-13(15)17-12/h3-6H,1-2H3,(H2,15,16,17). The van der Waals surface area contributed by atoms with Crippen LogP contribution in [0.15, 0.2) is 24.3 Å². The summed E-state index contributed by atoms with van der Waals surface area (Å²) in [5.41, 5.74) is 5.95. The molecule has 1 heterocycles. The van der Waals surface area contributed by atoms with Gasteiger partial charge in [0.15, 0.2) is 0 Å². The molecule has 0 atom stereocenters. The Morgan fingerprint density at radius 2 is 1.70 bits per heavy atom. The molecule has 20 heavy (non-hydrogen) atoms. The van der Waals surface area contributed by atoms with E-state index < -0.39 is 0 Å². The van der Waals surface area contributed by atoms with Crippen molar-refractivity contribution in [2.24, 2.45) is 0 Å². The van der Waals surface area contributed by atoms with Gasteiger partial charge in [-0.3, -0.25) is 0 Å². The van der Waals surface area contributed by atoms with Gasteiger partial charge in [-0.2, -0.15) is 15.2 Å². The van der Waals surface area contributed by atoms with Crippen molar-refractivity contribution >= 4 is 5.95 Å². The topological polar surface area (TPSA) is 103 Å². The van der Waals surface area contributed by atoms with Crippen LogP contribution in [0, 0.1) is 11.3 Å². The lowest BCUT2D eigenvalue weighted by Gasteiger charge is -2.08. The van der Waals surface area contributed by atoms with Crippen molar-refractivity contribution in [1.29, 1.82) is 5.26 Å². The molecule has 2 aromatic rings. The Labute approximate surface area is 115 Å². The van der Waals surface area contributed by atoms with Crippen LogP contribution in [0.3, 0.4) is 0 Å². The van der Waals surface area contributed by atoms with Gasteiger partial charge < -0.3 is 19.9 Å². The normalized spacial score (nSPS) is 9.65. The minimum absolute atomic E-state index is 0.0303. The molecule has 1 aromatic heterocycles. The van der Waals surface area contributed by atoms with Crippen LogP contribution in [0.5, 0.6) is 23.3 Å². The summed E-state index contributed by atoms with van der Waals surface area (Å²) in [6.45, 7) is 0. The van der Waals surface area contributed by atoms with Crippen molar-refractivity contribution in [2.75, 3.05) is 20.0 Å². The van der Waals surface area contributed by atoms with Gasteiger partial charge in [0.1, 0.15) is 11.5 Å². The molecule has 0 aliphatic rings. The summed E-state index contributed by atoms with van der Waals surface area (Å²) >= 11 is 0. The summed E-state index contributed by atoms with van der Waals surface area (Å²) in [6.07, 6.45) is 0. The third-order valence-corrected chi connectivity index (χ3v) is 2.37. The lowest BCUT2D eigenvalue weighted by Crippen LogP contribution is -1.99. The van der Waals surface area contributed by atoms with Gasteiger partial charge >= 0.3 is 0 Å². The first-order valence-electron chi connectivity index (χ1n) is 5.60. The van der Waals surface area contributed by atoms with Crippen molar-refractivity contribution in [3.05, 3.63) is 29.8 Å².